The van der Waals surface area contributed by atoms with Gasteiger partial charge in [0.1, 0.15) is 11.6 Å². The molecule has 2 amide bonds. The fraction of sp³-hybridized carbons (Fsp3) is 0.208. The molecular formula is C24H25FN2O3. The third-order valence-corrected chi connectivity index (χ3v) is 4.47. The molecule has 6 heteroatoms. The van der Waals surface area contributed by atoms with E-state index in [1.807, 2.05) is 54.6 Å². The van der Waals surface area contributed by atoms with Crippen molar-refractivity contribution in [2.45, 2.75) is 19.6 Å². The molecule has 0 unspecified atom stereocenters. The van der Waals surface area contributed by atoms with Crippen molar-refractivity contribution in [2.24, 2.45) is 0 Å². The van der Waals surface area contributed by atoms with E-state index in [1.165, 1.54) is 12.1 Å². The average Bonchev–Trinajstić information content (AvgIpc) is 2.74. The Kier molecular flexibility index (Phi) is 7.80. The number of ether oxygens (including phenoxy) is 2. The minimum atomic E-state index is -0.303. The fourth-order valence-electron chi connectivity index (χ4n) is 2.94. The van der Waals surface area contributed by atoms with Gasteiger partial charge in [0.15, 0.2) is 0 Å². The largest absolute Gasteiger partial charge is 0.497 e. The SMILES string of the molecule is COc1ccc(COCc2cccc(NC(=O)NCCc3cccc(F)c3)c2)cc1. The van der Waals surface area contributed by atoms with Crippen LogP contribution in [0.3, 0.4) is 0 Å². The number of nitrogens with one attached hydrogen (secondary N) is 2. The molecule has 0 saturated carbocycles. The second kappa shape index (κ2) is 11.0. The van der Waals surface area contributed by atoms with E-state index in [-0.39, 0.29) is 11.8 Å². The standard InChI is InChI=1S/C24H25FN2O3/c1-29-23-10-8-19(9-11-23)16-30-17-20-5-3-7-22(15-20)27-24(28)26-13-12-18-4-2-6-21(25)14-18/h2-11,14-15H,12-13,16-17H2,1H3,(H2,26,27,28). The van der Waals surface area contributed by atoms with E-state index in [4.69, 9.17) is 9.47 Å². The van der Waals surface area contributed by atoms with Crippen LogP contribution in [-0.4, -0.2) is 19.7 Å². The molecule has 5 nitrogen and oxygen atoms in total. The summed E-state index contributed by atoms with van der Waals surface area (Å²) in [6, 6.07) is 21.3. The summed E-state index contributed by atoms with van der Waals surface area (Å²) in [5.74, 6) is 0.537. The van der Waals surface area contributed by atoms with Crippen molar-refractivity contribution in [2.75, 3.05) is 19.0 Å². The zero-order valence-corrected chi connectivity index (χ0v) is 16.9. The lowest BCUT2D eigenvalue weighted by molar-refractivity contribution is 0.107. The van der Waals surface area contributed by atoms with Crippen LogP contribution in [0.2, 0.25) is 0 Å². The zero-order chi connectivity index (χ0) is 21.2. The number of urea groups is 1. The highest BCUT2D eigenvalue weighted by Crippen LogP contribution is 2.15. The summed E-state index contributed by atoms with van der Waals surface area (Å²) in [6.45, 7) is 1.34. The van der Waals surface area contributed by atoms with Gasteiger partial charge in [-0.2, -0.15) is 0 Å². The van der Waals surface area contributed by atoms with Crippen LogP contribution in [0.15, 0.2) is 72.8 Å². The Morgan fingerprint density at radius 3 is 2.40 bits per heavy atom. The molecule has 2 N–H and O–H groups in total. The molecule has 30 heavy (non-hydrogen) atoms. The number of rotatable bonds is 9. The van der Waals surface area contributed by atoms with E-state index >= 15 is 0 Å². The Morgan fingerprint density at radius 1 is 0.900 bits per heavy atom. The molecule has 3 aromatic rings. The summed E-state index contributed by atoms with van der Waals surface area (Å²) in [5, 5.41) is 5.59. The minimum Gasteiger partial charge on any atom is -0.497 e. The lowest BCUT2D eigenvalue weighted by atomic mass is 10.1. The second-order valence-corrected chi connectivity index (χ2v) is 6.80. The van der Waals surface area contributed by atoms with E-state index < -0.39 is 0 Å². The highest BCUT2D eigenvalue weighted by Gasteiger charge is 2.04. The number of benzene rings is 3. The zero-order valence-electron chi connectivity index (χ0n) is 16.9. The first-order valence-electron chi connectivity index (χ1n) is 9.71. The highest BCUT2D eigenvalue weighted by molar-refractivity contribution is 5.89. The molecular weight excluding hydrogens is 383 g/mol. The van der Waals surface area contributed by atoms with Gasteiger partial charge < -0.3 is 20.1 Å². The first kappa shape index (κ1) is 21.3. The van der Waals surface area contributed by atoms with Gasteiger partial charge in [-0.3, -0.25) is 0 Å². The molecule has 0 spiro atoms. The normalized spacial score (nSPS) is 10.5. The van der Waals surface area contributed by atoms with Gasteiger partial charge in [0.25, 0.3) is 0 Å². The number of carbonyl (C=O) groups excluding carboxylic acids is 1. The summed E-state index contributed by atoms with van der Waals surface area (Å²) in [7, 11) is 1.64. The van der Waals surface area contributed by atoms with Crippen molar-refractivity contribution >= 4 is 11.7 Å². The molecule has 0 fully saturated rings. The number of hydrogen-bond donors (Lipinski definition) is 2. The Morgan fingerprint density at radius 2 is 1.63 bits per heavy atom. The van der Waals surface area contributed by atoms with Gasteiger partial charge in [-0.25, -0.2) is 9.18 Å². The third kappa shape index (κ3) is 6.90. The van der Waals surface area contributed by atoms with Crippen LogP contribution in [0, 0.1) is 5.82 Å². The summed E-state index contributed by atoms with van der Waals surface area (Å²) in [5.41, 5.74) is 3.54. The van der Waals surface area contributed by atoms with Crippen molar-refractivity contribution < 1.29 is 18.7 Å². The van der Waals surface area contributed by atoms with E-state index in [2.05, 4.69) is 10.6 Å². The Labute approximate surface area is 175 Å². The second-order valence-electron chi connectivity index (χ2n) is 6.80. The molecule has 3 aromatic carbocycles. The maximum Gasteiger partial charge on any atom is 0.319 e. The predicted molar refractivity (Wildman–Crippen MR) is 115 cm³/mol. The van der Waals surface area contributed by atoms with Crippen LogP contribution in [0.4, 0.5) is 14.9 Å². The maximum absolute atomic E-state index is 13.2. The Balaban J connectivity index is 1.42. The molecule has 3 rings (SSSR count). The lowest BCUT2D eigenvalue weighted by Gasteiger charge is -2.10. The van der Waals surface area contributed by atoms with E-state index in [9.17, 15) is 9.18 Å². The summed E-state index contributed by atoms with van der Waals surface area (Å²) in [6.07, 6.45) is 0.560. The van der Waals surface area contributed by atoms with Gasteiger partial charge in [0, 0.05) is 12.2 Å². The number of halogens is 1. The quantitative estimate of drug-likeness (QED) is 0.529. The lowest BCUT2D eigenvalue weighted by Crippen LogP contribution is -2.30. The molecule has 0 saturated heterocycles. The van der Waals surface area contributed by atoms with Gasteiger partial charge >= 0.3 is 6.03 Å². The van der Waals surface area contributed by atoms with Gasteiger partial charge in [-0.05, 0) is 59.5 Å². The van der Waals surface area contributed by atoms with Gasteiger partial charge in [-0.1, -0.05) is 36.4 Å². The average molecular weight is 408 g/mol. The first-order valence-corrected chi connectivity index (χ1v) is 9.71. The van der Waals surface area contributed by atoms with Crippen LogP contribution in [-0.2, 0) is 24.4 Å². The maximum atomic E-state index is 13.2. The molecule has 0 bridgehead atoms. The van der Waals surface area contributed by atoms with Crippen molar-refractivity contribution in [1.29, 1.82) is 0 Å². The van der Waals surface area contributed by atoms with E-state index in [0.29, 0.717) is 31.9 Å². The number of hydrogen-bond acceptors (Lipinski definition) is 3. The number of carbonyl (C=O) groups is 1. The topological polar surface area (TPSA) is 59.6 Å². The van der Waals surface area contributed by atoms with Gasteiger partial charge in [0.2, 0.25) is 0 Å². The third-order valence-electron chi connectivity index (χ3n) is 4.47. The molecule has 0 heterocycles. The van der Waals surface area contributed by atoms with Crippen molar-refractivity contribution in [3.63, 3.8) is 0 Å². The predicted octanol–water partition coefficient (Wildman–Crippen LogP) is 4.92. The van der Waals surface area contributed by atoms with Crippen molar-refractivity contribution in [3.05, 3.63) is 95.3 Å². The first-order chi connectivity index (χ1) is 14.6. The molecule has 0 radical (unpaired) electrons. The Hall–Kier alpha value is -3.38. The van der Waals surface area contributed by atoms with Crippen LogP contribution < -0.4 is 15.4 Å². The summed E-state index contributed by atoms with van der Waals surface area (Å²) < 4.78 is 24.1. The number of amides is 2. The highest BCUT2D eigenvalue weighted by atomic mass is 19.1. The molecule has 156 valence electrons. The fourth-order valence-corrected chi connectivity index (χ4v) is 2.94. The molecule has 0 aliphatic carbocycles. The van der Waals surface area contributed by atoms with Crippen molar-refractivity contribution in [3.8, 4) is 5.75 Å². The monoisotopic (exact) mass is 408 g/mol. The van der Waals surface area contributed by atoms with E-state index in [0.717, 1.165) is 22.4 Å². The van der Waals surface area contributed by atoms with Gasteiger partial charge in [0.05, 0.1) is 20.3 Å². The van der Waals surface area contributed by atoms with Crippen LogP contribution in [0.25, 0.3) is 0 Å². The summed E-state index contributed by atoms with van der Waals surface area (Å²) >= 11 is 0. The number of methoxy groups -OCH3 is 1. The van der Waals surface area contributed by atoms with Crippen molar-refractivity contribution in [1.82, 2.24) is 5.32 Å². The molecule has 0 aliphatic rings. The van der Waals surface area contributed by atoms with Gasteiger partial charge in [-0.15, -0.1) is 0 Å². The van der Waals surface area contributed by atoms with Crippen LogP contribution in [0.5, 0.6) is 5.75 Å². The Bertz CT molecular complexity index is 961. The minimum absolute atomic E-state index is 0.275. The molecule has 0 aromatic heterocycles. The van der Waals surface area contributed by atoms with E-state index in [1.54, 1.807) is 13.2 Å². The van der Waals surface area contributed by atoms with Crippen LogP contribution >= 0.6 is 0 Å². The smallest absolute Gasteiger partial charge is 0.319 e. The van der Waals surface area contributed by atoms with Crippen LogP contribution in [0.1, 0.15) is 16.7 Å². The molecule has 0 aliphatic heterocycles. The summed E-state index contributed by atoms with van der Waals surface area (Å²) in [4.78, 5) is 12.1. The molecule has 0 atom stereocenters. The number of anilines is 1.